The van der Waals surface area contributed by atoms with E-state index in [4.69, 9.17) is 21.4 Å². The van der Waals surface area contributed by atoms with Crippen LogP contribution < -0.4 is 5.32 Å². The molecular weight excluding hydrogens is 242 g/mol. The second-order valence-corrected chi connectivity index (χ2v) is 4.00. The summed E-state index contributed by atoms with van der Waals surface area (Å²) in [6.45, 7) is 1.41. The Balaban J connectivity index is 2.58. The lowest BCUT2D eigenvalue weighted by Crippen LogP contribution is -2.08. The van der Waals surface area contributed by atoms with Gasteiger partial charge in [-0.15, -0.1) is 0 Å². The van der Waals surface area contributed by atoms with Crippen LogP contribution in [0, 0.1) is 0 Å². The van der Waals surface area contributed by atoms with E-state index in [0.717, 1.165) is 12.8 Å². The standard InChI is InChI=1S/C12H16ClNO3/c1-17-8-3-2-7-14-10-6-4-5-9(13)11(10)12(15)16/h4-6,14H,2-3,7-8H2,1H3,(H,15,16). The number of carbonyl (C=O) groups is 1. The van der Waals surface area contributed by atoms with Gasteiger partial charge >= 0.3 is 5.97 Å². The zero-order chi connectivity index (χ0) is 12.7. The Kier molecular flexibility index (Phi) is 5.80. The first-order valence-electron chi connectivity index (χ1n) is 5.41. The largest absolute Gasteiger partial charge is 0.478 e. The quantitative estimate of drug-likeness (QED) is 0.738. The Morgan fingerprint density at radius 1 is 1.47 bits per heavy atom. The average Bonchev–Trinajstić information content (AvgIpc) is 2.28. The maximum Gasteiger partial charge on any atom is 0.339 e. The van der Waals surface area contributed by atoms with Crippen molar-refractivity contribution in [2.45, 2.75) is 12.8 Å². The summed E-state index contributed by atoms with van der Waals surface area (Å²) in [5.41, 5.74) is 0.684. The molecule has 4 nitrogen and oxygen atoms in total. The van der Waals surface area contributed by atoms with Gasteiger partial charge in [0.05, 0.1) is 10.7 Å². The number of hydrogen-bond donors (Lipinski definition) is 2. The van der Waals surface area contributed by atoms with Crippen molar-refractivity contribution in [2.75, 3.05) is 25.6 Å². The molecule has 0 unspecified atom stereocenters. The number of hydrogen-bond acceptors (Lipinski definition) is 3. The normalized spacial score (nSPS) is 10.2. The predicted molar refractivity (Wildman–Crippen MR) is 68.0 cm³/mol. The molecule has 94 valence electrons. The molecule has 0 atom stereocenters. The minimum Gasteiger partial charge on any atom is -0.478 e. The van der Waals surface area contributed by atoms with Crippen molar-refractivity contribution in [1.29, 1.82) is 0 Å². The maximum atomic E-state index is 11.0. The number of ether oxygens (including phenoxy) is 1. The van der Waals surface area contributed by atoms with Crippen molar-refractivity contribution in [3.05, 3.63) is 28.8 Å². The van der Waals surface area contributed by atoms with E-state index in [1.54, 1.807) is 25.3 Å². The first-order valence-corrected chi connectivity index (χ1v) is 5.79. The second-order valence-electron chi connectivity index (χ2n) is 3.59. The van der Waals surface area contributed by atoms with E-state index in [-0.39, 0.29) is 10.6 Å². The summed E-state index contributed by atoms with van der Waals surface area (Å²) >= 11 is 5.85. The first-order chi connectivity index (χ1) is 8.16. The smallest absolute Gasteiger partial charge is 0.339 e. The lowest BCUT2D eigenvalue weighted by molar-refractivity contribution is 0.0698. The van der Waals surface area contributed by atoms with Crippen LogP contribution in [0.15, 0.2) is 18.2 Å². The molecule has 1 aromatic carbocycles. The van der Waals surface area contributed by atoms with E-state index in [2.05, 4.69) is 5.32 Å². The van der Waals surface area contributed by atoms with Gasteiger partial charge in [0.25, 0.3) is 0 Å². The molecule has 1 rings (SSSR count). The fourth-order valence-corrected chi connectivity index (χ4v) is 1.74. The van der Waals surface area contributed by atoms with Crippen molar-refractivity contribution in [1.82, 2.24) is 0 Å². The molecule has 0 fully saturated rings. The van der Waals surface area contributed by atoms with Crippen molar-refractivity contribution in [3.8, 4) is 0 Å². The monoisotopic (exact) mass is 257 g/mol. The highest BCUT2D eigenvalue weighted by molar-refractivity contribution is 6.34. The van der Waals surface area contributed by atoms with Crippen molar-refractivity contribution in [3.63, 3.8) is 0 Å². The van der Waals surface area contributed by atoms with Crippen LogP contribution in [0.1, 0.15) is 23.2 Å². The molecule has 0 aliphatic rings. The van der Waals surface area contributed by atoms with Crippen LogP contribution in [0.4, 0.5) is 5.69 Å². The topological polar surface area (TPSA) is 58.6 Å². The molecule has 0 aliphatic carbocycles. The number of benzene rings is 1. The molecule has 0 saturated heterocycles. The number of anilines is 1. The van der Waals surface area contributed by atoms with Gasteiger partial charge in [-0.1, -0.05) is 17.7 Å². The van der Waals surface area contributed by atoms with Gasteiger partial charge < -0.3 is 15.2 Å². The lowest BCUT2D eigenvalue weighted by atomic mass is 10.1. The van der Waals surface area contributed by atoms with Gasteiger partial charge in [0, 0.05) is 20.3 Å². The fraction of sp³-hybridized carbons (Fsp3) is 0.417. The molecule has 0 spiro atoms. The third kappa shape index (κ3) is 4.24. The number of unbranched alkanes of at least 4 members (excludes halogenated alkanes) is 1. The molecule has 17 heavy (non-hydrogen) atoms. The molecule has 5 heteroatoms. The molecule has 0 bridgehead atoms. The molecule has 0 heterocycles. The number of aromatic carboxylic acids is 1. The Labute approximate surface area is 106 Å². The maximum absolute atomic E-state index is 11.0. The summed E-state index contributed by atoms with van der Waals surface area (Å²) in [6.07, 6.45) is 1.85. The Bertz CT molecular complexity index is 382. The third-order valence-electron chi connectivity index (χ3n) is 2.32. The molecule has 0 aliphatic heterocycles. The Hall–Kier alpha value is -1.26. The number of carboxylic acid groups (broad SMARTS) is 1. The van der Waals surface area contributed by atoms with Crippen molar-refractivity contribution in [2.24, 2.45) is 0 Å². The molecule has 0 aromatic heterocycles. The van der Waals surface area contributed by atoms with E-state index in [9.17, 15) is 4.79 Å². The second kappa shape index (κ2) is 7.14. The summed E-state index contributed by atoms with van der Waals surface area (Å²) in [5.74, 6) is -1.02. The minimum atomic E-state index is -1.02. The van der Waals surface area contributed by atoms with Crippen molar-refractivity contribution < 1.29 is 14.6 Å². The van der Waals surface area contributed by atoms with Crippen molar-refractivity contribution >= 4 is 23.3 Å². The summed E-state index contributed by atoms with van der Waals surface area (Å²) in [7, 11) is 1.66. The van der Waals surface area contributed by atoms with Crippen LogP contribution in [-0.2, 0) is 4.74 Å². The molecule has 0 saturated carbocycles. The summed E-state index contributed by atoms with van der Waals surface area (Å²) < 4.78 is 4.93. The summed E-state index contributed by atoms with van der Waals surface area (Å²) in [6, 6.07) is 5.01. The lowest BCUT2D eigenvalue weighted by Gasteiger charge is -2.10. The SMILES string of the molecule is COCCCCNc1cccc(Cl)c1C(=O)O. The average molecular weight is 258 g/mol. The van der Waals surface area contributed by atoms with Gasteiger partial charge in [-0.25, -0.2) is 4.79 Å². The van der Waals surface area contributed by atoms with Crippen LogP contribution in [0.25, 0.3) is 0 Å². The number of carboxylic acids is 1. The van der Waals surface area contributed by atoms with Gasteiger partial charge in [0.2, 0.25) is 0 Å². The molecule has 2 N–H and O–H groups in total. The van der Waals surface area contributed by atoms with Gasteiger partial charge in [0.15, 0.2) is 0 Å². The zero-order valence-electron chi connectivity index (χ0n) is 9.70. The number of halogens is 1. The number of methoxy groups -OCH3 is 1. The van der Waals surface area contributed by atoms with Crippen LogP contribution >= 0.6 is 11.6 Å². The van der Waals surface area contributed by atoms with Crippen LogP contribution in [0.3, 0.4) is 0 Å². The van der Waals surface area contributed by atoms with E-state index in [1.165, 1.54) is 0 Å². The van der Waals surface area contributed by atoms with Gasteiger partial charge in [-0.2, -0.15) is 0 Å². The van der Waals surface area contributed by atoms with E-state index < -0.39 is 5.97 Å². The summed E-state index contributed by atoms with van der Waals surface area (Å²) in [4.78, 5) is 11.0. The van der Waals surface area contributed by atoms with Gasteiger partial charge in [0.1, 0.15) is 5.56 Å². The van der Waals surface area contributed by atoms with Crippen LogP contribution in [-0.4, -0.2) is 31.3 Å². The minimum absolute atomic E-state index is 0.126. The highest BCUT2D eigenvalue weighted by Gasteiger charge is 2.13. The van der Waals surface area contributed by atoms with Gasteiger partial charge in [-0.3, -0.25) is 0 Å². The number of nitrogens with one attached hydrogen (secondary N) is 1. The Morgan fingerprint density at radius 2 is 2.24 bits per heavy atom. The molecular formula is C12H16ClNO3. The Morgan fingerprint density at radius 3 is 2.88 bits per heavy atom. The molecule has 0 radical (unpaired) electrons. The predicted octanol–water partition coefficient (Wildman–Crippen LogP) is 2.88. The molecule has 0 amide bonds. The van der Waals surface area contributed by atoms with Crippen LogP contribution in [0.2, 0.25) is 5.02 Å². The van der Waals surface area contributed by atoms with E-state index in [1.807, 2.05) is 0 Å². The first kappa shape index (κ1) is 13.8. The molecule has 1 aromatic rings. The van der Waals surface area contributed by atoms with E-state index in [0.29, 0.717) is 18.8 Å². The fourth-order valence-electron chi connectivity index (χ4n) is 1.48. The van der Waals surface area contributed by atoms with Gasteiger partial charge in [-0.05, 0) is 25.0 Å². The highest BCUT2D eigenvalue weighted by atomic mass is 35.5. The zero-order valence-corrected chi connectivity index (χ0v) is 10.5. The van der Waals surface area contributed by atoms with Crippen LogP contribution in [0.5, 0.6) is 0 Å². The third-order valence-corrected chi connectivity index (χ3v) is 2.63. The van der Waals surface area contributed by atoms with E-state index >= 15 is 0 Å². The number of rotatable bonds is 7. The summed E-state index contributed by atoms with van der Waals surface area (Å²) in [5, 5.41) is 12.4. The highest BCUT2D eigenvalue weighted by Crippen LogP contribution is 2.24.